The van der Waals surface area contributed by atoms with E-state index in [0.717, 1.165) is 11.8 Å². The second-order valence-corrected chi connectivity index (χ2v) is 3.24. The van der Waals surface area contributed by atoms with Gasteiger partial charge in [0.05, 0.1) is 16.6 Å². The molecule has 64 valence electrons. The molecule has 0 spiro atoms. The number of carbonyl (C=O) groups excluding carboxylic acids is 1. The van der Waals surface area contributed by atoms with Crippen molar-refractivity contribution >= 4 is 22.8 Å². The third-order valence-corrected chi connectivity index (χ3v) is 2.26. The van der Waals surface area contributed by atoms with E-state index >= 15 is 0 Å². The first-order chi connectivity index (χ1) is 5.65. The Hall–Kier alpha value is -1.03. The van der Waals surface area contributed by atoms with Crippen molar-refractivity contribution in [1.82, 2.24) is 0 Å². The normalized spacial score (nSPS) is 16.2. The molecule has 0 saturated heterocycles. The Morgan fingerprint density at radius 3 is 2.92 bits per heavy atom. The van der Waals surface area contributed by atoms with E-state index in [1.807, 2.05) is 0 Å². The molecule has 1 rings (SSSR count). The highest BCUT2D eigenvalue weighted by molar-refractivity contribution is 8.18. The van der Waals surface area contributed by atoms with Gasteiger partial charge in [0.15, 0.2) is 0 Å². The fraction of sp³-hybridized carbons (Fsp3) is 0.250. The Balaban J connectivity index is 2.67. The molecule has 0 bridgehead atoms. The lowest BCUT2D eigenvalue weighted by Crippen LogP contribution is -2.03. The van der Waals surface area contributed by atoms with Crippen molar-refractivity contribution in [1.29, 1.82) is 5.41 Å². The second-order valence-electron chi connectivity index (χ2n) is 2.19. The number of hydrogen-bond acceptors (Lipinski definition) is 4. The molecule has 0 amide bonds. The molecule has 1 heterocycles. The number of nitrogens with one attached hydrogen (secondary N) is 1. The molecule has 0 atom stereocenters. The molecule has 4 heteroatoms. The van der Waals surface area contributed by atoms with Crippen molar-refractivity contribution in [3.63, 3.8) is 0 Å². The van der Waals surface area contributed by atoms with E-state index in [-0.39, 0.29) is 5.97 Å². The molecule has 12 heavy (non-hydrogen) atoms. The maximum atomic E-state index is 11.1. The molecule has 0 aromatic heterocycles. The van der Waals surface area contributed by atoms with Crippen LogP contribution in [0.2, 0.25) is 0 Å². The summed E-state index contributed by atoms with van der Waals surface area (Å²) in [6.45, 7) is 5.70. The van der Waals surface area contributed by atoms with Gasteiger partial charge in [-0.1, -0.05) is 18.3 Å². The third kappa shape index (κ3) is 1.76. The van der Waals surface area contributed by atoms with Crippen molar-refractivity contribution in [2.24, 2.45) is 0 Å². The SMILES string of the molecule is C=C1C=C(C(=O)OCC)SC1=N. The maximum absolute atomic E-state index is 11.1. The van der Waals surface area contributed by atoms with Crippen molar-refractivity contribution in [2.45, 2.75) is 6.92 Å². The minimum Gasteiger partial charge on any atom is -0.462 e. The molecular weight excluding hydrogens is 174 g/mol. The first kappa shape index (κ1) is 9.06. The molecule has 1 aliphatic heterocycles. The highest BCUT2D eigenvalue weighted by Gasteiger charge is 2.21. The van der Waals surface area contributed by atoms with Crippen LogP contribution in [0.15, 0.2) is 23.1 Å². The fourth-order valence-corrected chi connectivity index (χ4v) is 1.48. The van der Waals surface area contributed by atoms with Crippen LogP contribution in [0.1, 0.15) is 6.92 Å². The Bertz CT molecular complexity index is 281. The summed E-state index contributed by atoms with van der Waals surface area (Å²) < 4.78 is 4.76. The maximum Gasteiger partial charge on any atom is 0.345 e. The molecule has 1 N–H and O–H groups in total. The van der Waals surface area contributed by atoms with Crippen LogP contribution in [0.5, 0.6) is 0 Å². The van der Waals surface area contributed by atoms with Gasteiger partial charge in [-0.2, -0.15) is 0 Å². The zero-order valence-electron chi connectivity index (χ0n) is 6.72. The Labute approximate surface area is 75.0 Å². The predicted octanol–water partition coefficient (Wildman–Crippen LogP) is 1.71. The number of esters is 1. The molecule has 0 fully saturated rings. The Kier molecular flexibility index (Phi) is 2.70. The summed E-state index contributed by atoms with van der Waals surface area (Å²) in [5, 5.41) is 7.63. The van der Waals surface area contributed by atoms with Crippen LogP contribution in [0.4, 0.5) is 0 Å². The lowest BCUT2D eigenvalue weighted by molar-refractivity contribution is -0.137. The highest BCUT2D eigenvalue weighted by Crippen LogP contribution is 2.30. The van der Waals surface area contributed by atoms with E-state index < -0.39 is 0 Å². The molecule has 0 saturated carbocycles. The van der Waals surface area contributed by atoms with Gasteiger partial charge in [0, 0.05) is 5.57 Å². The van der Waals surface area contributed by atoms with Crippen LogP contribution in [0, 0.1) is 5.41 Å². The van der Waals surface area contributed by atoms with E-state index in [1.165, 1.54) is 0 Å². The zero-order valence-corrected chi connectivity index (χ0v) is 7.53. The highest BCUT2D eigenvalue weighted by atomic mass is 32.2. The summed E-state index contributed by atoms with van der Waals surface area (Å²) in [5.41, 5.74) is 0.572. The molecule has 0 aromatic rings. The topological polar surface area (TPSA) is 50.2 Å². The zero-order chi connectivity index (χ0) is 9.14. The van der Waals surface area contributed by atoms with Crippen LogP contribution in [0.3, 0.4) is 0 Å². The average molecular weight is 183 g/mol. The lowest BCUT2D eigenvalue weighted by atomic mass is 10.3. The van der Waals surface area contributed by atoms with Gasteiger partial charge in [-0.3, -0.25) is 5.41 Å². The number of rotatable bonds is 2. The lowest BCUT2D eigenvalue weighted by Gasteiger charge is -1.99. The number of carbonyl (C=O) groups is 1. The van der Waals surface area contributed by atoms with Gasteiger partial charge < -0.3 is 4.74 Å². The van der Waals surface area contributed by atoms with Crippen LogP contribution in [0.25, 0.3) is 0 Å². The van der Waals surface area contributed by atoms with Crippen molar-refractivity contribution < 1.29 is 9.53 Å². The van der Waals surface area contributed by atoms with Crippen LogP contribution in [-0.4, -0.2) is 17.6 Å². The van der Waals surface area contributed by atoms with E-state index in [1.54, 1.807) is 13.0 Å². The van der Waals surface area contributed by atoms with Gasteiger partial charge in [-0.15, -0.1) is 0 Å². The van der Waals surface area contributed by atoms with Gasteiger partial charge in [-0.05, 0) is 13.0 Å². The minimum atomic E-state index is -0.370. The van der Waals surface area contributed by atoms with Gasteiger partial charge in [0.2, 0.25) is 0 Å². The van der Waals surface area contributed by atoms with E-state index in [4.69, 9.17) is 10.1 Å². The summed E-state index contributed by atoms with van der Waals surface area (Å²) in [7, 11) is 0. The first-order valence-corrected chi connectivity index (χ1v) is 4.31. The largest absolute Gasteiger partial charge is 0.462 e. The Morgan fingerprint density at radius 2 is 2.50 bits per heavy atom. The monoisotopic (exact) mass is 183 g/mol. The summed E-state index contributed by atoms with van der Waals surface area (Å²) in [4.78, 5) is 11.5. The van der Waals surface area contributed by atoms with Gasteiger partial charge in [0.25, 0.3) is 0 Å². The average Bonchev–Trinajstić information content (AvgIpc) is 2.33. The summed E-state index contributed by atoms with van der Waals surface area (Å²) in [6, 6.07) is 0. The van der Waals surface area contributed by atoms with Crippen LogP contribution in [-0.2, 0) is 9.53 Å². The van der Waals surface area contributed by atoms with Crippen molar-refractivity contribution in [3.05, 3.63) is 23.1 Å². The minimum absolute atomic E-state index is 0.318. The van der Waals surface area contributed by atoms with Gasteiger partial charge >= 0.3 is 5.97 Å². The summed E-state index contributed by atoms with van der Waals surface area (Å²) >= 11 is 1.09. The summed E-state index contributed by atoms with van der Waals surface area (Å²) in [6.07, 6.45) is 1.57. The van der Waals surface area contributed by atoms with Crippen molar-refractivity contribution in [3.8, 4) is 0 Å². The van der Waals surface area contributed by atoms with E-state index in [0.29, 0.717) is 22.1 Å². The smallest absolute Gasteiger partial charge is 0.345 e. The number of thioether (sulfide) groups is 1. The number of ether oxygens (including phenoxy) is 1. The third-order valence-electron chi connectivity index (χ3n) is 1.29. The fourth-order valence-electron chi connectivity index (χ4n) is 0.732. The van der Waals surface area contributed by atoms with Gasteiger partial charge in [-0.25, -0.2) is 4.79 Å². The predicted molar refractivity (Wildman–Crippen MR) is 49.2 cm³/mol. The molecule has 1 aliphatic rings. The second kappa shape index (κ2) is 3.58. The molecule has 0 aromatic carbocycles. The molecule has 0 unspecified atom stereocenters. The van der Waals surface area contributed by atoms with E-state index in [2.05, 4.69) is 6.58 Å². The van der Waals surface area contributed by atoms with Crippen LogP contribution < -0.4 is 0 Å². The first-order valence-electron chi connectivity index (χ1n) is 3.49. The molecular formula is C8H9NO2S. The van der Waals surface area contributed by atoms with E-state index in [9.17, 15) is 4.79 Å². The summed E-state index contributed by atoms with van der Waals surface area (Å²) in [5.74, 6) is -0.370. The molecule has 0 radical (unpaired) electrons. The number of hydrogen-bond donors (Lipinski definition) is 1. The standard InChI is InChI=1S/C8H9NO2S/c1-3-11-8(10)6-4-5(2)7(9)12-6/h4,9H,2-3H2,1H3. The van der Waals surface area contributed by atoms with Gasteiger partial charge in [0.1, 0.15) is 0 Å². The van der Waals surface area contributed by atoms with Crippen LogP contribution >= 0.6 is 11.8 Å². The molecule has 0 aliphatic carbocycles. The molecule has 3 nitrogen and oxygen atoms in total. The quantitative estimate of drug-likeness (QED) is 0.663. The number of allylic oxidation sites excluding steroid dienone is 1. The van der Waals surface area contributed by atoms with Crippen molar-refractivity contribution in [2.75, 3.05) is 6.61 Å². The Morgan fingerprint density at radius 1 is 1.83 bits per heavy atom.